The summed E-state index contributed by atoms with van der Waals surface area (Å²) in [5.41, 5.74) is 0. The van der Waals surface area contributed by atoms with Gasteiger partial charge in [0.05, 0.1) is 6.10 Å². The van der Waals surface area contributed by atoms with Gasteiger partial charge in [-0.2, -0.15) is 4.39 Å². The number of ether oxygens (including phenoxy) is 2. The number of rotatable bonds is 4. The van der Waals surface area contributed by atoms with Crippen molar-refractivity contribution in [3.05, 3.63) is 52.8 Å². The van der Waals surface area contributed by atoms with Crippen molar-refractivity contribution in [2.24, 2.45) is 0 Å². The van der Waals surface area contributed by atoms with E-state index in [0.29, 0.717) is 5.75 Å². The van der Waals surface area contributed by atoms with Gasteiger partial charge in [0.2, 0.25) is 5.82 Å². The van der Waals surface area contributed by atoms with Crippen LogP contribution in [0.15, 0.2) is 46.9 Å². The lowest BCUT2D eigenvalue weighted by atomic mass is 10.3. The molecule has 1 aliphatic carbocycles. The van der Waals surface area contributed by atoms with Gasteiger partial charge in [-0.15, -0.1) is 0 Å². The minimum atomic E-state index is -0.447. The van der Waals surface area contributed by atoms with Gasteiger partial charge in [0, 0.05) is 4.47 Å². The maximum atomic E-state index is 14.2. The third-order valence-corrected chi connectivity index (χ3v) is 3.32. The van der Waals surface area contributed by atoms with Gasteiger partial charge in [-0.1, -0.05) is 22.0 Å². The van der Waals surface area contributed by atoms with E-state index in [2.05, 4.69) is 15.9 Å². The molecule has 0 unspecified atom stereocenters. The zero-order valence-corrected chi connectivity index (χ0v) is 11.7. The van der Waals surface area contributed by atoms with E-state index < -0.39 is 5.82 Å². The molecule has 2 aromatic carbocycles. The standard InChI is InChI=1S/C15H12BrFO2/c16-10-4-6-11(7-5-10)18-13-2-1-3-14(15(13)17)19-12-8-9-12/h1-7,12H,8-9H2. The lowest BCUT2D eigenvalue weighted by Gasteiger charge is -2.10. The first-order valence-corrected chi connectivity index (χ1v) is 6.90. The van der Waals surface area contributed by atoms with Crippen LogP contribution in [0.1, 0.15) is 12.8 Å². The summed E-state index contributed by atoms with van der Waals surface area (Å²) in [6.45, 7) is 0. The number of hydrogen-bond donors (Lipinski definition) is 0. The van der Waals surface area contributed by atoms with Crippen LogP contribution in [-0.4, -0.2) is 6.10 Å². The Morgan fingerprint density at radius 1 is 1.00 bits per heavy atom. The van der Waals surface area contributed by atoms with E-state index in [1.807, 2.05) is 12.1 Å². The number of halogens is 2. The highest BCUT2D eigenvalue weighted by Gasteiger charge is 2.25. The van der Waals surface area contributed by atoms with Crippen molar-refractivity contribution >= 4 is 15.9 Å². The maximum Gasteiger partial charge on any atom is 0.207 e. The molecular formula is C15H12BrFO2. The zero-order valence-electron chi connectivity index (χ0n) is 10.1. The second-order valence-electron chi connectivity index (χ2n) is 4.44. The molecule has 2 nitrogen and oxygen atoms in total. The average molecular weight is 323 g/mol. The first kappa shape index (κ1) is 12.5. The van der Waals surface area contributed by atoms with Crippen LogP contribution in [0.3, 0.4) is 0 Å². The lowest BCUT2D eigenvalue weighted by Crippen LogP contribution is -1.99. The highest BCUT2D eigenvalue weighted by molar-refractivity contribution is 9.10. The molecule has 0 bridgehead atoms. The van der Waals surface area contributed by atoms with Gasteiger partial charge in [0.25, 0.3) is 0 Å². The molecule has 98 valence electrons. The highest BCUT2D eigenvalue weighted by Crippen LogP contribution is 2.34. The van der Waals surface area contributed by atoms with Crippen LogP contribution in [0.25, 0.3) is 0 Å². The van der Waals surface area contributed by atoms with Crippen LogP contribution in [-0.2, 0) is 0 Å². The van der Waals surface area contributed by atoms with E-state index in [1.165, 1.54) is 0 Å². The van der Waals surface area contributed by atoms with Gasteiger partial charge in [-0.3, -0.25) is 0 Å². The van der Waals surface area contributed by atoms with Crippen LogP contribution in [0.2, 0.25) is 0 Å². The molecule has 19 heavy (non-hydrogen) atoms. The molecule has 1 aliphatic rings. The van der Waals surface area contributed by atoms with Crippen LogP contribution < -0.4 is 9.47 Å². The fourth-order valence-corrected chi connectivity index (χ4v) is 1.92. The molecule has 0 spiro atoms. The Balaban J connectivity index is 1.81. The Morgan fingerprint density at radius 3 is 2.37 bits per heavy atom. The van der Waals surface area contributed by atoms with Crippen molar-refractivity contribution < 1.29 is 13.9 Å². The molecule has 0 radical (unpaired) electrons. The summed E-state index contributed by atoms with van der Waals surface area (Å²) in [7, 11) is 0. The van der Waals surface area contributed by atoms with Crippen LogP contribution in [0, 0.1) is 5.82 Å². The third kappa shape index (κ3) is 3.07. The number of hydrogen-bond acceptors (Lipinski definition) is 2. The first-order chi connectivity index (χ1) is 9.22. The monoisotopic (exact) mass is 322 g/mol. The molecule has 0 aliphatic heterocycles. The minimum absolute atomic E-state index is 0.164. The summed E-state index contributed by atoms with van der Waals surface area (Å²) in [5, 5.41) is 0. The smallest absolute Gasteiger partial charge is 0.207 e. The quantitative estimate of drug-likeness (QED) is 0.795. The largest absolute Gasteiger partial charge is 0.487 e. The van der Waals surface area contributed by atoms with Gasteiger partial charge >= 0.3 is 0 Å². The fourth-order valence-electron chi connectivity index (χ4n) is 1.66. The summed E-state index contributed by atoms with van der Waals surface area (Å²) < 4.78 is 26.1. The molecule has 2 aromatic rings. The van der Waals surface area contributed by atoms with Gasteiger partial charge < -0.3 is 9.47 Å². The Labute approximate surface area is 119 Å². The van der Waals surface area contributed by atoms with Crippen LogP contribution in [0.4, 0.5) is 4.39 Å². The SMILES string of the molecule is Fc1c(Oc2ccc(Br)cc2)cccc1OC1CC1. The second-order valence-corrected chi connectivity index (χ2v) is 5.36. The molecule has 0 atom stereocenters. The van der Waals surface area contributed by atoms with Crippen molar-refractivity contribution in [1.29, 1.82) is 0 Å². The summed E-state index contributed by atoms with van der Waals surface area (Å²) in [4.78, 5) is 0. The predicted molar refractivity (Wildman–Crippen MR) is 74.3 cm³/mol. The summed E-state index contributed by atoms with van der Waals surface area (Å²) in [6.07, 6.45) is 2.16. The molecule has 0 heterocycles. The Morgan fingerprint density at radius 2 is 1.68 bits per heavy atom. The van der Waals surface area contributed by atoms with Crippen LogP contribution >= 0.6 is 15.9 Å². The zero-order chi connectivity index (χ0) is 13.2. The van der Waals surface area contributed by atoms with E-state index in [0.717, 1.165) is 17.3 Å². The van der Waals surface area contributed by atoms with Crippen LogP contribution in [0.5, 0.6) is 17.2 Å². The van der Waals surface area contributed by atoms with Crippen molar-refractivity contribution in [2.75, 3.05) is 0 Å². The van der Waals surface area contributed by atoms with Gasteiger partial charge in [-0.25, -0.2) is 0 Å². The van der Waals surface area contributed by atoms with Crippen molar-refractivity contribution in [3.63, 3.8) is 0 Å². The minimum Gasteiger partial charge on any atom is -0.487 e. The van der Waals surface area contributed by atoms with E-state index in [1.54, 1.807) is 30.3 Å². The molecule has 0 N–H and O–H groups in total. The van der Waals surface area contributed by atoms with Gasteiger partial charge in [-0.05, 0) is 49.2 Å². The molecule has 1 fully saturated rings. The molecule has 1 saturated carbocycles. The summed E-state index contributed by atoms with van der Waals surface area (Å²) in [6, 6.07) is 12.2. The van der Waals surface area contributed by atoms with Crippen molar-refractivity contribution in [3.8, 4) is 17.2 Å². The predicted octanol–water partition coefficient (Wildman–Crippen LogP) is 4.92. The van der Waals surface area contributed by atoms with Gasteiger partial charge in [0.1, 0.15) is 5.75 Å². The summed E-state index contributed by atoms with van der Waals surface area (Å²) >= 11 is 3.34. The fraction of sp³-hybridized carbons (Fsp3) is 0.200. The molecule has 4 heteroatoms. The molecular weight excluding hydrogens is 311 g/mol. The molecule has 3 rings (SSSR count). The Kier molecular flexibility index (Phi) is 3.42. The third-order valence-electron chi connectivity index (χ3n) is 2.79. The van der Waals surface area contributed by atoms with Crippen molar-refractivity contribution in [2.45, 2.75) is 18.9 Å². The maximum absolute atomic E-state index is 14.2. The molecule has 0 saturated heterocycles. The second kappa shape index (κ2) is 5.21. The highest BCUT2D eigenvalue weighted by atomic mass is 79.9. The van der Waals surface area contributed by atoms with E-state index in [9.17, 15) is 4.39 Å². The average Bonchev–Trinajstić information content (AvgIpc) is 3.21. The van der Waals surface area contributed by atoms with E-state index in [4.69, 9.17) is 9.47 Å². The Hall–Kier alpha value is -1.55. The normalized spacial score (nSPS) is 14.2. The van der Waals surface area contributed by atoms with Gasteiger partial charge in [0.15, 0.2) is 11.5 Å². The van der Waals surface area contributed by atoms with E-state index >= 15 is 0 Å². The lowest BCUT2D eigenvalue weighted by molar-refractivity contribution is 0.283. The topological polar surface area (TPSA) is 18.5 Å². The molecule has 0 aromatic heterocycles. The molecule has 0 amide bonds. The Bertz CT molecular complexity index is 579. The van der Waals surface area contributed by atoms with Crippen molar-refractivity contribution in [1.82, 2.24) is 0 Å². The van der Waals surface area contributed by atoms with E-state index in [-0.39, 0.29) is 17.6 Å². The number of benzene rings is 2. The first-order valence-electron chi connectivity index (χ1n) is 6.11. The summed E-state index contributed by atoms with van der Waals surface area (Å²) in [5.74, 6) is 0.584.